The molecule has 2 atom stereocenters. The number of aromatic nitrogens is 3. The third-order valence-corrected chi connectivity index (χ3v) is 5.80. The molecule has 1 fully saturated rings. The van der Waals surface area contributed by atoms with Crippen molar-refractivity contribution in [3.63, 3.8) is 0 Å². The van der Waals surface area contributed by atoms with Crippen molar-refractivity contribution in [2.75, 3.05) is 13.1 Å². The molecule has 0 saturated carbocycles. The Morgan fingerprint density at radius 3 is 2.89 bits per heavy atom. The topological polar surface area (TPSA) is 92.1 Å². The first kappa shape index (κ1) is 16.9. The van der Waals surface area contributed by atoms with E-state index >= 15 is 0 Å². The molecule has 2 aliphatic rings. The van der Waals surface area contributed by atoms with Gasteiger partial charge in [-0.3, -0.25) is 9.59 Å². The monoisotopic (exact) mass is 376 g/mol. The molecule has 1 aromatic carbocycles. The van der Waals surface area contributed by atoms with Crippen molar-refractivity contribution in [3.05, 3.63) is 69.6 Å². The van der Waals surface area contributed by atoms with Crippen LogP contribution in [0.1, 0.15) is 40.0 Å². The van der Waals surface area contributed by atoms with Gasteiger partial charge in [0.15, 0.2) is 0 Å². The summed E-state index contributed by atoms with van der Waals surface area (Å²) in [5, 5.41) is 4.05. The summed E-state index contributed by atoms with van der Waals surface area (Å²) >= 11 is 0. The van der Waals surface area contributed by atoms with Crippen LogP contribution in [0.4, 0.5) is 0 Å². The Morgan fingerprint density at radius 1 is 1.25 bits per heavy atom. The van der Waals surface area contributed by atoms with Gasteiger partial charge in [-0.25, -0.2) is 4.98 Å². The predicted octanol–water partition coefficient (Wildman–Crippen LogP) is 2.54. The van der Waals surface area contributed by atoms with Crippen molar-refractivity contribution in [2.45, 2.75) is 25.7 Å². The van der Waals surface area contributed by atoms with Crippen LogP contribution in [0.25, 0.3) is 11.3 Å². The zero-order valence-electron chi connectivity index (χ0n) is 15.5. The summed E-state index contributed by atoms with van der Waals surface area (Å²) in [7, 11) is 0. The highest BCUT2D eigenvalue weighted by atomic mass is 16.5. The van der Waals surface area contributed by atoms with Gasteiger partial charge in [0.25, 0.3) is 11.5 Å². The summed E-state index contributed by atoms with van der Waals surface area (Å²) in [4.78, 5) is 34.4. The molecule has 28 heavy (non-hydrogen) atoms. The highest BCUT2D eigenvalue weighted by Crippen LogP contribution is 2.40. The molecule has 0 radical (unpaired) electrons. The van der Waals surface area contributed by atoms with Crippen LogP contribution in [-0.2, 0) is 6.42 Å². The van der Waals surface area contributed by atoms with E-state index in [-0.39, 0.29) is 23.1 Å². The van der Waals surface area contributed by atoms with E-state index in [0.29, 0.717) is 36.9 Å². The first-order valence-corrected chi connectivity index (χ1v) is 9.51. The van der Waals surface area contributed by atoms with E-state index in [1.807, 2.05) is 30.3 Å². The van der Waals surface area contributed by atoms with E-state index in [1.54, 1.807) is 17.9 Å². The maximum absolute atomic E-state index is 13.0. The summed E-state index contributed by atoms with van der Waals surface area (Å²) in [6.07, 6.45) is 1.60. The maximum atomic E-state index is 13.0. The van der Waals surface area contributed by atoms with Crippen molar-refractivity contribution in [1.82, 2.24) is 20.0 Å². The molecule has 0 bridgehead atoms. The zero-order valence-corrected chi connectivity index (χ0v) is 15.5. The van der Waals surface area contributed by atoms with Gasteiger partial charge in [-0.05, 0) is 25.7 Å². The van der Waals surface area contributed by atoms with Crippen molar-refractivity contribution < 1.29 is 9.32 Å². The van der Waals surface area contributed by atoms with Crippen molar-refractivity contribution in [2.24, 2.45) is 5.92 Å². The first-order valence-electron chi connectivity index (χ1n) is 9.51. The molecule has 142 valence electrons. The van der Waals surface area contributed by atoms with Crippen molar-refractivity contribution in [3.8, 4) is 11.3 Å². The number of benzene rings is 1. The van der Waals surface area contributed by atoms with Crippen LogP contribution >= 0.6 is 0 Å². The predicted molar refractivity (Wildman–Crippen MR) is 102 cm³/mol. The number of aryl methyl sites for hydroxylation is 1. The molecule has 1 amide bonds. The number of hydrogen-bond donors (Lipinski definition) is 1. The number of nitrogens with zero attached hydrogens (tertiary/aromatic N) is 3. The molecule has 0 spiro atoms. The van der Waals surface area contributed by atoms with Gasteiger partial charge in [0.2, 0.25) is 5.76 Å². The van der Waals surface area contributed by atoms with Crippen LogP contribution in [0.5, 0.6) is 0 Å². The van der Waals surface area contributed by atoms with E-state index in [4.69, 9.17) is 4.52 Å². The Morgan fingerprint density at radius 2 is 2.07 bits per heavy atom. The average Bonchev–Trinajstić information content (AvgIpc) is 3.35. The number of amides is 1. The number of hydrogen-bond acceptors (Lipinski definition) is 5. The molecule has 3 heterocycles. The standard InChI is InChI=1S/C21H20N4O3/c1-12-22-19-15(20(26)23-12)8-7-14-10-25(11-16(14)19)21(27)18-9-17(24-28-18)13-5-3-2-4-6-13/h2-6,9,14,16H,7-8,10-11H2,1H3,(H,22,23,26)/t14-,16+/m1/s1. The van der Waals surface area contributed by atoms with Crippen LogP contribution in [0.15, 0.2) is 45.7 Å². The zero-order chi connectivity index (χ0) is 19.3. The average molecular weight is 376 g/mol. The fraction of sp³-hybridized carbons (Fsp3) is 0.333. The summed E-state index contributed by atoms with van der Waals surface area (Å²) in [6, 6.07) is 11.3. The molecule has 7 nitrogen and oxygen atoms in total. The number of carbonyl (C=O) groups excluding carboxylic acids is 1. The summed E-state index contributed by atoms with van der Waals surface area (Å²) in [6.45, 7) is 2.99. The number of aromatic amines is 1. The van der Waals surface area contributed by atoms with Gasteiger partial charge in [-0.15, -0.1) is 0 Å². The Labute approximate surface area is 161 Å². The highest BCUT2D eigenvalue weighted by molar-refractivity contribution is 5.92. The van der Waals surface area contributed by atoms with E-state index in [0.717, 1.165) is 23.2 Å². The van der Waals surface area contributed by atoms with Crippen LogP contribution in [-0.4, -0.2) is 39.0 Å². The Hall–Kier alpha value is -3.22. The lowest BCUT2D eigenvalue weighted by atomic mass is 9.80. The van der Waals surface area contributed by atoms with E-state index < -0.39 is 0 Å². The number of rotatable bonds is 2. The minimum atomic E-state index is -0.160. The molecule has 1 aliphatic heterocycles. The molecular formula is C21H20N4O3. The van der Waals surface area contributed by atoms with Crippen molar-refractivity contribution in [1.29, 1.82) is 0 Å². The minimum Gasteiger partial charge on any atom is -0.350 e. The lowest BCUT2D eigenvalue weighted by Crippen LogP contribution is -2.29. The molecule has 1 aliphatic carbocycles. The number of likely N-dealkylation sites (tertiary alicyclic amines) is 1. The van der Waals surface area contributed by atoms with Crippen molar-refractivity contribution >= 4 is 5.91 Å². The molecule has 2 aromatic heterocycles. The summed E-state index contributed by atoms with van der Waals surface area (Å²) in [5.74, 6) is 1.13. The number of carbonyl (C=O) groups is 1. The molecular weight excluding hydrogens is 356 g/mol. The second-order valence-corrected chi connectivity index (χ2v) is 7.57. The normalized spacial score (nSPS) is 20.7. The third kappa shape index (κ3) is 2.74. The fourth-order valence-electron chi connectivity index (χ4n) is 4.43. The largest absolute Gasteiger partial charge is 0.350 e. The van der Waals surface area contributed by atoms with Gasteiger partial charge in [0, 0.05) is 36.2 Å². The van der Waals surface area contributed by atoms with Gasteiger partial charge in [0.05, 0.1) is 5.69 Å². The van der Waals surface area contributed by atoms with Crippen LogP contribution in [0.2, 0.25) is 0 Å². The van der Waals surface area contributed by atoms with Crippen LogP contribution in [0.3, 0.4) is 0 Å². The molecule has 3 aromatic rings. The summed E-state index contributed by atoms with van der Waals surface area (Å²) in [5.41, 5.74) is 3.14. The second-order valence-electron chi connectivity index (χ2n) is 7.57. The molecule has 7 heteroatoms. The Bertz CT molecular complexity index is 1100. The minimum absolute atomic E-state index is 0.0477. The Balaban J connectivity index is 1.40. The Kier molecular flexibility index (Phi) is 3.89. The smallest absolute Gasteiger partial charge is 0.292 e. The van der Waals surface area contributed by atoms with Gasteiger partial charge in [0.1, 0.15) is 11.5 Å². The lowest BCUT2D eigenvalue weighted by molar-refractivity contribution is 0.0744. The quantitative estimate of drug-likeness (QED) is 0.742. The van der Waals surface area contributed by atoms with Crippen LogP contribution < -0.4 is 5.56 Å². The van der Waals surface area contributed by atoms with Gasteiger partial charge in [-0.2, -0.15) is 0 Å². The maximum Gasteiger partial charge on any atom is 0.292 e. The lowest BCUT2D eigenvalue weighted by Gasteiger charge is -2.25. The fourth-order valence-corrected chi connectivity index (χ4v) is 4.43. The van der Waals surface area contributed by atoms with Crippen LogP contribution in [0, 0.1) is 12.8 Å². The number of nitrogens with one attached hydrogen (secondary N) is 1. The first-order chi connectivity index (χ1) is 13.6. The summed E-state index contributed by atoms with van der Waals surface area (Å²) < 4.78 is 5.34. The molecule has 1 N–H and O–H groups in total. The molecule has 0 unspecified atom stereocenters. The number of fused-ring (bicyclic) bond motifs is 3. The molecule has 1 saturated heterocycles. The highest BCUT2D eigenvalue weighted by Gasteiger charge is 2.42. The van der Waals surface area contributed by atoms with E-state index in [9.17, 15) is 9.59 Å². The van der Waals surface area contributed by atoms with Gasteiger partial charge >= 0.3 is 0 Å². The SMILES string of the molecule is Cc1nc2c(c(=O)[nH]1)CC[C@@H]1CN(C(=O)c3cc(-c4ccccc4)no3)C[C@H]21. The van der Waals surface area contributed by atoms with E-state index in [1.165, 1.54) is 0 Å². The van der Waals surface area contributed by atoms with Gasteiger partial charge < -0.3 is 14.4 Å². The third-order valence-electron chi connectivity index (χ3n) is 5.80. The van der Waals surface area contributed by atoms with Gasteiger partial charge in [-0.1, -0.05) is 35.5 Å². The van der Waals surface area contributed by atoms with E-state index in [2.05, 4.69) is 15.1 Å². The molecule has 5 rings (SSSR count). The second kappa shape index (κ2) is 6.44. The number of H-pyrrole nitrogens is 1.